The standard InChI is InChI=1S/C18H18FNO3/c1-12(18(21)23-3)17(13-4-6-14(19)7-5-13)20-15-8-10-16(22-2)11-9-15/h4-11,17,20H,1H2,2-3H3. The van der Waals surface area contributed by atoms with Crippen molar-refractivity contribution >= 4 is 11.7 Å². The van der Waals surface area contributed by atoms with Crippen LogP contribution in [0.1, 0.15) is 11.6 Å². The Morgan fingerprint density at radius 2 is 1.70 bits per heavy atom. The zero-order valence-electron chi connectivity index (χ0n) is 13.0. The van der Waals surface area contributed by atoms with E-state index in [2.05, 4.69) is 11.9 Å². The smallest absolute Gasteiger partial charge is 0.335 e. The van der Waals surface area contributed by atoms with Crippen LogP contribution < -0.4 is 10.1 Å². The number of nitrogens with one attached hydrogen (secondary N) is 1. The van der Waals surface area contributed by atoms with Crippen LogP contribution >= 0.6 is 0 Å². The molecular formula is C18H18FNO3. The number of rotatable bonds is 6. The van der Waals surface area contributed by atoms with E-state index < -0.39 is 12.0 Å². The number of benzene rings is 2. The molecule has 0 heterocycles. The maximum Gasteiger partial charge on any atom is 0.335 e. The second-order valence-electron chi connectivity index (χ2n) is 4.87. The molecule has 0 aromatic heterocycles. The van der Waals surface area contributed by atoms with Crippen molar-refractivity contribution < 1.29 is 18.7 Å². The van der Waals surface area contributed by atoms with Crippen molar-refractivity contribution in [3.05, 3.63) is 72.1 Å². The highest BCUT2D eigenvalue weighted by molar-refractivity contribution is 5.90. The van der Waals surface area contributed by atoms with Gasteiger partial charge in [0.15, 0.2) is 0 Å². The SMILES string of the molecule is C=C(C(=O)OC)C(Nc1ccc(OC)cc1)c1ccc(F)cc1. The molecule has 2 rings (SSSR count). The van der Waals surface area contributed by atoms with Gasteiger partial charge in [0, 0.05) is 5.69 Å². The minimum Gasteiger partial charge on any atom is -0.497 e. The number of methoxy groups -OCH3 is 2. The van der Waals surface area contributed by atoms with Gasteiger partial charge in [-0.05, 0) is 42.0 Å². The van der Waals surface area contributed by atoms with Crippen LogP contribution in [0.2, 0.25) is 0 Å². The highest BCUT2D eigenvalue weighted by Gasteiger charge is 2.21. The molecule has 23 heavy (non-hydrogen) atoms. The van der Waals surface area contributed by atoms with Crippen molar-refractivity contribution in [1.82, 2.24) is 0 Å². The number of hydrogen-bond acceptors (Lipinski definition) is 4. The number of halogens is 1. The Morgan fingerprint density at radius 1 is 1.09 bits per heavy atom. The fraction of sp³-hybridized carbons (Fsp3) is 0.167. The Kier molecular flexibility index (Phi) is 5.36. The largest absolute Gasteiger partial charge is 0.497 e. The topological polar surface area (TPSA) is 47.6 Å². The van der Waals surface area contributed by atoms with Crippen molar-refractivity contribution in [2.45, 2.75) is 6.04 Å². The number of hydrogen-bond donors (Lipinski definition) is 1. The van der Waals surface area contributed by atoms with E-state index in [0.717, 1.165) is 11.4 Å². The number of carbonyl (C=O) groups excluding carboxylic acids is 1. The summed E-state index contributed by atoms with van der Waals surface area (Å²) in [7, 11) is 2.88. The molecule has 1 atom stereocenters. The van der Waals surface area contributed by atoms with Crippen LogP contribution in [0.15, 0.2) is 60.7 Å². The van der Waals surface area contributed by atoms with Gasteiger partial charge in [-0.3, -0.25) is 0 Å². The van der Waals surface area contributed by atoms with Gasteiger partial charge in [0.2, 0.25) is 0 Å². The van der Waals surface area contributed by atoms with Crippen molar-refractivity contribution in [3.8, 4) is 5.75 Å². The van der Waals surface area contributed by atoms with Crippen LogP contribution in [-0.4, -0.2) is 20.2 Å². The van der Waals surface area contributed by atoms with E-state index in [9.17, 15) is 9.18 Å². The highest BCUT2D eigenvalue weighted by atomic mass is 19.1. The maximum atomic E-state index is 13.1. The molecule has 2 aromatic carbocycles. The minimum absolute atomic E-state index is 0.231. The van der Waals surface area contributed by atoms with Crippen molar-refractivity contribution in [3.63, 3.8) is 0 Å². The molecule has 0 bridgehead atoms. The lowest BCUT2D eigenvalue weighted by molar-refractivity contribution is -0.136. The quantitative estimate of drug-likeness (QED) is 0.652. The summed E-state index contributed by atoms with van der Waals surface area (Å²) in [5.41, 5.74) is 1.71. The fourth-order valence-corrected chi connectivity index (χ4v) is 2.13. The Morgan fingerprint density at radius 3 is 2.22 bits per heavy atom. The first kappa shape index (κ1) is 16.5. The van der Waals surface area contributed by atoms with Crippen LogP contribution in [0.25, 0.3) is 0 Å². The fourth-order valence-electron chi connectivity index (χ4n) is 2.13. The van der Waals surface area contributed by atoms with Gasteiger partial charge in [-0.2, -0.15) is 0 Å². The summed E-state index contributed by atoms with van der Waals surface area (Å²) in [6.45, 7) is 3.80. The van der Waals surface area contributed by atoms with Gasteiger partial charge < -0.3 is 14.8 Å². The van der Waals surface area contributed by atoms with E-state index in [1.165, 1.54) is 19.2 Å². The molecule has 4 nitrogen and oxygen atoms in total. The summed E-state index contributed by atoms with van der Waals surface area (Å²) < 4.78 is 23.0. The molecule has 5 heteroatoms. The van der Waals surface area contributed by atoms with Crippen LogP contribution in [0, 0.1) is 5.82 Å². The van der Waals surface area contributed by atoms with Crippen LogP contribution in [-0.2, 0) is 9.53 Å². The Hall–Kier alpha value is -2.82. The molecule has 2 aromatic rings. The first-order valence-corrected chi connectivity index (χ1v) is 6.98. The average molecular weight is 315 g/mol. The van der Waals surface area contributed by atoms with E-state index in [1.807, 2.05) is 12.1 Å². The molecule has 0 saturated heterocycles. The van der Waals surface area contributed by atoms with E-state index in [1.54, 1.807) is 31.4 Å². The summed E-state index contributed by atoms with van der Waals surface area (Å²) in [6.07, 6.45) is 0. The van der Waals surface area contributed by atoms with Crippen molar-refractivity contribution in [1.29, 1.82) is 0 Å². The third-order valence-electron chi connectivity index (χ3n) is 3.40. The molecule has 0 aliphatic carbocycles. The van der Waals surface area contributed by atoms with Gasteiger partial charge in [-0.15, -0.1) is 0 Å². The molecule has 1 N–H and O–H groups in total. The lowest BCUT2D eigenvalue weighted by atomic mass is 9.99. The Balaban J connectivity index is 2.30. The number of anilines is 1. The Bertz CT molecular complexity index is 680. The molecule has 1 unspecified atom stereocenters. The maximum absolute atomic E-state index is 13.1. The van der Waals surface area contributed by atoms with Gasteiger partial charge in [-0.25, -0.2) is 9.18 Å². The lowest BCUT2D eigenvalue weighted by Crippen LogP contribution is -2.19. The van der Waals surface area contributed by atoms with Crippen LogP contribution in [0.5, 0.6) is 5.75 Å². The van der Waals surface area contributed by atoms with E-state index in [4.69, 9.17) is 9.47 Å². The van der Waals surface area contributed by atoms with E-state index in [-0.39, 0.29) is 11.4 Å². The molecule has 0 saturated carbocycles. The third-order valence-corrected chi connectivity index (χ3v) is 3.40. The van der Waals surface area contributed by atoms with Gasteiger partial charge in [0.1, 0.15) is 11.6 Å². The van der Waals surface area contributed by atoms with Gasteiger partial charge in [0.05, 0.1) is 25.8 Å². The molecule has 0 radical (unpaired) electrons. The molecule has 0 aliphatic rings. The molecular weight excluding hydrogens is 297 g/mol. The van der Waals surface area contributed by atoms with Crippen LogP contribution in [0.4, 0.5) is 10.1 Å². The van der Waals surface area contributed by atoms with Gasteiger partial charge in [-0.1, -0.05) is 18.7 Å². The third kappa shape index (κ3) is 4.10. The number of esters is 1. The predicted molar refractivity (Wildman–Crippen MR) is 86.9 cm³/mol. The van der Waals surface area contributed by atoms with Crippen LogP contribution in [0.3, 0.4) is 0 Å². The zero-order valence-corrected chi connectivity index (χ0v) is 13.0. The lowest BCUT2D eigenvalue weighted by Gasteiger charge is -2.21. The summed E-state index contributed by atoms with van der Waals surface area (Å²) in [5, 5.41) is 3.20. The van der Waals surface area contributed by atoms with Crippen molar-refractivity contribution in [2.24, 2.45) is 0 Å². The monoisotopic (exact) mass is 315 g/mol. The molecule has 0 aliphatic heterocycles. The second kappa shape index (κ2) is 7.45. The van der Waals surface area contributed by atoms with Gasteiger partial charge in [0.25, 0.3) is 0 Å². The molecule has 0 fully saturated rings. The molecule has 0 spiro atoms. The highest BCUT2D eigenvalue weighted by Crippen LogP contribution is 2.27. The summed E-state index contributed by atoms with van der Waals surface area (Å²) in [4.78, 5) is 11.8. The summed E-state index contributed by atoms with van der Waals surface area (Å²) in [5.74, 6) is -0.151. The summed E-state index contributed by atoms with van der Waals surface area (Å²) >= 11 is 0. The Labute approximate surface area is 134 Å². The molecule has 0 amide bonds. The minimum atomic E-state index is -0.531. The van der Waals surface area contributed by atoms with E-state index in [0.29, 0.717) is 5.56 Å². The zero-order chi connectivity index (χ0) is 16.8. The first-order valence-electron chi connectivity index (χ1n) is 6.98. The molecule has 120 valence electrons. The summed E-state index contributed by atoms with van der Waals surface area (Å²) in [6, 6.07) is 12.6. The van der Waals surface area contributed by atoms with Gasteiger partial charge >= 0.3 is 5.97 Å². The average Bonchev–Trinajstić information content (AvgIpc) is 2.59. The van der Waals surface area contributed by atoms with E-state index >= 15 is 0 Å². The first-order chi connectivity index (χ1) is 11.0. The normalized spacial score (nSPS) is 11.4. The number of ether oxygens (including phenoxy) is 2. The second-order valence-corrected chi connectivity index (χ2v) is 4.87. The van der Waals surface area contributed by atoms with Crippen molar-refractivity contribution in [2.75, 3.05) is 19.5 Å². The number of carbonyl (C=O) groups is 1. The predicted octanol–water partition coefficient (Wildman–Crippen LogP) is 3.72.